The minimum Gasteiger partial charge on any atom is -0.496 e. The molecule has 0 bridgehead atoms. The topological polar surface area (TPSA) is 39.4 Å². The van der Waals surface area contributed by atoms with Crippen LogP contribution in [0.2, 0.25) is 0 Å². The van der Waals surface area contributed by atoms with Crippen LogP contribution in [-0.4, -0.2) is 13.4 Å². The third-order valence-corrected chi connectivity index (χ3v) is 3.31. The lowest BCUT2D eigenvalue weighted by molar-refractivity contribution is 0.110. The van der Waals surface area contributed by atoms with Gasteiger partial charge in [0.15, 0.2) is 12.0 Å². The summed E-state index contributed by atoms with van der Waals surface area (Å²) < 4.78 is 12.4. The number of hydrogen-bond acceptors (Lipinski definition) is 3. The Labute approximate surface area is 115 Å². The summed E-state index contributed by atoms with van der Waals surface area (Å²) in [5, 5.41) is 0. The van der Waals surface area contributed by atoms with Gasteiger partial charge in [0.05, 0.1) is 12.7 Å². The number of furan rings is 1. The van der Waals surface area contributed by atoms with E-state index >= 15 is 0 Å². The molecule has 3 nitrogen and oxygen atoms in total. The van der Waals surface area contributed by atoms with Gasteiger partial charge < -0.3 is 9.15 Å². The van der Waals surface area contributed by atoms with Gasteiger partial charge in [0, 0.05) is 8.95 Å². The van der Waals surface area contributed by atoms with E-state index in [1.165, 1.54) is 0 Å². The average Bonchev–Trinajstić information content (AvgIpc) is 2.76. The minimum absolute atomic E-state index is 0.289. The van der Waals surface area contributed by atoms with Crippen molar-refractivity contribution in [1.29, 1.82) is 0 Å². The van der Waals surface area contributed by atoms with Gasteiger partial charge in [-0.3, -0.25) is 4.79 Å². The molecule has 1 aromatic heterocycles. The zero-order valence-electron chi connectivity index (χ0n) is 8.87. The number of carbonyl (C=O) groups is 1. The molecule has 88 valence electrons. The van der Waals surface area contributed by atoms with Crippen LogP contribution in [0.15, 0.2) is 37.6 Å². The van der Waals surface area contributed by atoms with E-state index in [1.807, 2.05) is 12.1 Å². The molecule has 0 saturated heterocycles. The van der Waals surface area contributed by atoms with Gasteiger partial charge in [-0.2, -0.15) is 0 Å². The highest BCUT2D eigenvalue weighted by Gasteiger charge is 2.15. The number of aldehydes is 1. The second-order valence-corrected chi connectivity index (χ2v) is 5.05. The van der Waals surface area contributed by atoms with Crippen molar-refractivity contribution in [3.05, 3.63) is 39.0 Å². The summed E-state index contributed by atoms with van der Waals surface area (Å²) in [6.45, 7) is 0. The molecule has 17 heavy (non-hydrogen) atoms. The van der Waals surface area contributed by atoms with Crippen molar-refractivity contribution in [3.8, 4) is 17.1 Å². The summed E-state index contributed by atoms with van der Waals surface area (Å²) in [5.41, 5.74) is 0.781. The SMILES string of the molecule is COc1cc(Br)cc(Br)c1-c1ccc(C=O)o1. The molecule has 0 N–H and O–H groups in total. The second kappa shape index (κ2) is 5.06. The molecule has 0 unspecified atom stereocenters. The number of carbonyl (C=O) groups excluding carboxylic acids is 1. The van der Waals surface area contributed by atoms with Gasteiger partial charge in [0.1, 0.15) is 11.5 Å². The normalized spacial score (nSPS) is 10.3. The molecule has 0 radical (unpaired) electrons. The Morgan fingerprint density at radius 3 is 2.65 bits per heavy atom. The molecule has 0 spiro atoms. The Kier molecular flexibility index (Phi) is 3.69. The Hall–Kier alpha value is -1.07. The molecule has 0 aliphatic carbocycles. The largest absolute Gasteiger partial charge is 0.496 e. The molecule has 2 rings (SSSR count). The molecule has 2 aromatic rings. The van der Waals surface area contributed by atoms with Gasteiger partial charge in [-0.25, -0.2) is 0 Å². The first-order chi connectivity index (χ1) is 8.15. The summed E-state index contributed by atoms with van der Waals surface area (Å²) in [5.74, 6) is 1.54. The fourth-order valence-electron chi connectivity index (χ4n) is 1.50. The van der Waals surface area contributed by atoms with E-state index in [-0.39, 0.29) is 5.76 Å². The van der Waals surface area contributed by atoms with Crippen LogP contribution in [0, 0.1) is 0 Å². The molecule has 0 atom stereocenters. The molecule has 0 fully saturated rings. The number of hydrogen-bond donors (Lipinski definition) is 0. The first-order valence-electron chi connectivity index (χ1n) is 4.74. The lowest BCUT2D eigenvalue weighted by Crippen LogP contribution is -1.88. The van der Waals surface area contributed by atoms with Gasteiger partial charge in [-0.1, -0.05) is 15.9 Å². The van der Waals surface area contributed by atoms with E-state index in [0.717, 1.165) is 14.5 Å². The van der Waals surface area contributed by atoms with Crippen molar-refractivity contribution in [2.45, 2.75) is 0 Å². The molecule has 0 amide bonds. The predicted octanol–water partition coefficient (Wildman–Crippen LogP) is 4.29. The van der Waals surface area contributed by atoms with Gasteiger partial charge in [0.25, 0.3) is 0 Å². The van der Waals surface area contributed by atoms with Crippen LogP contribution >= 0.6 is 31.9 Å². The maximum Gasteiger partial charge on any atom is 0.185 e. The maximum absolute atomic E-state index is 10.6. The van der Waals surface area contributed by atoms with Gasteiger partial charge >= 0.3 is 0 Å². The fraction of sp³-hybridized carbons (Fsp3) is 0.0833. The van der Waals surface area contributed by atoms with Crippen molar-refractivity contribution in [2.24, 2.45) is 0 Å². The fourth-order valence-corrected chi connectivity index (χ4v) is 2.88. The van der Waals surface area contributed by atoms with E-state index in [4.69, 9.17) is 9.15 Å². The highest BCUT2D eigenvalue weighted by atomic mass is 79.9. The Bertz CT molecular complexity index is 561. The van der Waals surface area contributed by atoms with Crippen LogP contribution in [0.3, 0.4) is 0 Å². The van der Waals surface area contributed by atoms with Gasteiger partial charge in [-0.05, 0) is 40.2 Å². The summed E-state index contributed by atoms with van der Waals surface area (Å²) >= 11 is 6.83. The number of methoxy groups -OCH3 is 1. The number of rotatable bonds is 3. The molecule has 1 heterocycles. The number of benzene rings is 1. The van der Waals surface area contributed by atoms with Gasteiger partial charge in [0.2, 0.25) is 0 Å². The van der Waals surface area contributed by atoms with Gasteiger partial charge in [-0.15, -0.1) is 0 Å². The van der Waals surface area contributed by atoms with Crippen LogP contribution < -0.4 is 4.74 Å². The number of ether oxygens (including phenoxy) is 1. The Morgan fingerprint density at radius 1 is 1.29 bits per heavy atom. The van der Waals surface area contributed by atoms with E-state index < -0.39 is 0 Å². The van der Waals surface area contributed by atoms with Crippen LogP contribution in [0.4, 0.5) is 0 Å². The predicted molar refractivity (Wildman–Crippen MR) is 71.5 cm³/mol. The van der Waals surface area contributed by atoms with Crippen LogP contribution in [0.1, 0.15) is 10.6 Å². The lowest BCUT2D eigenvalue weighted by atomic mass is 10.1. The molecule has 1 aromatic carbocycles. The summed E-state index contributed by atoms with van der Waals surface area (Å²) in [7, 11) is 1.58. The first kappa shape index (κ1) is 12.4. The Morgan fingerprint density at radius 2 is 2.06 bits per heavy atom. The zero-order valence-corrected chi connectivity index (χ0v) is 12.0. The summed E-state index contributed by atoms with van der Waals surface area (Å²) in [4.78, 5) is 10.6. The van der Waals surface area contributed by atoms with Crippen LogP contribution in [-0.2, 0) is 0 Å². The quantitative estimate of drug-likeness (QED) is 0.767. The van der Waals surface area contributed by atoms with Crippen LogP contribution in [0.25, 0.3) is 11.3 Å². The molecule has 5 heteroatoms. The van der Waals surface area contributed by atoms with Crippen molar-refractivity contribution in [1.82, 2.24) is 0 Å². The lowest BCUT2D eigenvalue weighted by Gasteiger charge is -2.09. The zero-order chi connectivity index (χ0) is 12.4. The minimum atomic E-state index is 0.289. The molecular weight excluding hydrogens is 352 g/mol. The second-order valence-electron chi connectivity index (χ2n) is 3.28. The Balaban J connectivity index is 2.61. The van der Waals surface area contributed by atoms with Crippen molar-refractivity contribution >= 4 is 38.1 Å². The van der Waals surface area contributed by atoms with E-state index in [2.05, 4.69) is 31.9 Å². The molecule has 0 aliphatic heterocycles. The van der Waals surface area contributed by atoms with Crippen molar-refractivity contribution < 1.29 is 13.9 Å². The highest BCUT2D eigenvalue weighted by molar-refractivity contribution is 9.11. The smallest absolute Gasteiger partial charge is 0.185 e. The summed E-state index contributed by atoms with van der Waals surface area (Å²) in [6.07, 6.45) is 0.669. The van der Waals surface area contributed by atoms with Crippen LogP contribution in [0.5, 0.6) is 5.75 Å². The van der Waals surface area contributed by atoms with Crippen molar-refractivity contribution in [2.75, 3.05) is 7.11 Å². The summed E-state index contributed by atoms with van der Waals surface area (Å²) in [6, 6.07) is 7.08. The molecular formula is C12H8Br2O3. The third-order valence-electron chi connectivity index (χ3n) is 2.23. The maximum atomic E-state index is 10.6. The monoisotopic (exact) mass is 358 g/mol. The first-order valence-corrected chi connectivity index (χ1v) is 6.32. The van der Waals surface area contributed by atoms with E-state index in [9.17, 15) is 4.79 Å². The van der Waals surface area contributed by atoms with E-state index in [0.29, 0.717) is 17.8 Å². The van der Waals surface area contributed by atoms with Crippen molar-refractivity contribution in [3.63, 3.8) is 0 Å². The molecule has 0 aliphatic rings. The number of halogens is 2. The standard InChI is InChI=1S/C12H8Br2O3/c1-16-11-5-7(13)4-9(14)12(11)10-3-2-8(6-15)17-10/h2-6H,1H3. The van der Waals surface area contributed by atoms with E-state index in [1.54, 1.807) is 19.2 Å². The average molecular weight is 360 g/mol. The highest BCUT2D eigenvalue weighted by Crippen LogP contribution is 2.39. The third kappa shape index (κ3) is 2.45. The molecule has 0 saturated carbocycles.